The molecule has 0 radical (unpaired) electrons. The van der Waals surface area contributed by atoms with Crippen LogP contribution in [0.5, 0.6) is 0 Å². The van der Waals surface area contributed by atoms with Crippen molar-refractivity contribution >= 4 is 5.97 Å². The summed E-state index contributed by atoms with van der Waals surface area (Å²) in [6.45, 7) is 6.34. The van der Waals surface area contributed by atoms with Crippen LogP contribution in [-0.2, 0) is 10.2 Å². The summed E-state index contributed by atoms with van der Waals surface area (Å²) in [5, 5.41) is 9.71. The Bertz CT molecular complexity index is 431. The van der Waals surface area contributed by atoms with Gasteiger partial charge in [0, 0.05) is 6.54 Å². The quantitative estimate of drug-likeness (QED) is 0.794. The van der Waals surface area contributed by atoms with E-state index in [2.05, 4.69) is 13.8 Å². The van der Waals surface area contributed by atoms with Crippen molar-refractivity contribution in [2.45, 2.75) is 45.4 Å². The molecular weight excluding hydrogens is 238 g/mol. The second-order valence-corrected chi connectivity index (χ2v) is 5.56. The summed E-state index contributed by atoms with van der Waals surface area (Å²) in [5.74, 6) is -0.464. The van der Waals surface area contributed by atoms with Gasteiger partial charge in [-0.15, -0.1) is 0 Å². The van der Waals surface area contributed by atoms with Gasteiger partial charge in [-0.05, 0) is 24.8 Å². The zero-order valence-electron chi connectivity index (χ0n) is 12.1. The molecular formula is C16H25NO2. The highest BCUT2D eigenvalue weighted by Crippen LogP contribution is 2.33. The van der Waals surface area contributed by atoms with E-state index in [-0.39, 0.29) is 6.54 Å². The Morgan fingerprint density at radius 2 is 2.16 bits per heavy atom. The molecule has 2 atom stereocenters. The molecule has 0 bridgehead atoms. The Morgan fingerprint density at radius 1 is 1.47 bits per heavy atom. The Labute approximate surface area is 115 Å². The first kappa shape index (κ1) is 15.7. The van der Waals surface area contributed by atoms with Gasteiger partial charge in [-0.3, -0.25) is 4.79 Å². The molecule has 0 saturated heterocycles. The smallest absolute Gasteiger partial charge is 0.315 e. The molecule has 0 amide bonds. The van der Waals surface area contributed by atoms with Crippen molar-refractivity contribution < 1.29 is 9.90 Å². The summed E-state index contributed by atoms with van der Waals surface area (Å²) in [4.78, 5) is 11.8. The molecule has 0 aliphatic heterocycles. The van der Waals surface area contributed by atoms with Gasteiger partial charge in [0.15, 0.2) is 0 Å². The minimum absolute atomic E-state index is 0.139. The Kier molecular flexibility index (Phi) is 5.55. The minimum Gasteiger partial charge on any atom is -0.481 e. The van der Waals surface area contributed by atoms with E-state index in [1.165, 1.54) is 0 Å². The summed E-state index contributed by atoms with van der Waals surface area (Å²) >= 11 is 0. The number of carboxylic acids is 1. The minimum atomic E-state index is -0.958. The topological polar surface area (TPSA) is 63.3 Å². The van der Waals surface area contributed by atoms with Gasteiger partial charge in [-0.1, -0.05) is 56.5 Å². The van der Waals surface area contributed by atoms with E-state index < -0.39 is 11.4 Å². The van der Waals surface area contributed by atoms with Crippen LogP contribution in [0.4, 0.5) is 0 Å². The van der Waals surface area contributed by atoms with Crippen LogP contribution in [0.1, 0.15) is 44.2 Å². The number of hydrogen-bond donors (Lipinski definition) is 2. The molecule has 0 aromatic heterocycles. The highest BCUT2D eigenvalue weighted by molar-refractivity contribution is 5.81. The average molecular weight is 263 g/mol. The molecule has 1 aromatic carbocycles. The van der Waals surface area contributed by atoms with Crippen LogP contribution in [0.25, 0.3) is 0 Å². The predicted molar refractivity (Wildman–Crippen MR) is 78.2 cm³/mol. The van der Waals surface area contributed by atoms with Crippen LogP contribution < -0.4 is 5.73 Å². The van der Waals surface area contributed by atoms with Crippen molar-refractivity contribution in [3.63, 3.8) is 0 Å². The Morgan fingerprint density at radius 3 is 2.63 bits per heavy atom. The van der Waals surface area contributed by atoms with Gasteiger partial charge in [0.2, 0.25) is 0 Å². The molecule has 106 valence electrons. The molecule has 19 heavy (non-hydrogen) atoms. The molecule has 2 unspecified atom stereocenters. The number of nitrogens with two attached hydrogens (primary N) is 1. The zero-order valence-corrected chi connectivity index (χ0v) is 12.1. The molecule has 1 aromatic rings. The summed E-state index contributed by atoms with van der Waals surface area (Å²) in [5.41, 5.74) is 6.79. The second-order valence-electron chi connectivity index (χ2n) is 5.56. The van der Waals surface area contributed by atoms with Gasteiger partial charge in [-0.25, -0.2) is 0 Å². The average Bonchev–Trinajstić information content (AvgIpc) is 2.36. The fourth-order valence-corrected chi connectivity index (χ4v) is 2.75. The number of rotatable bonds is 7. The third-order valence-corrected chi connectivity index (χ3v) is 3.81. The summed E-state index contributed by atoms with van der Waals surface area (Å²) in [7, 11) is 0. The number of carbonyl (C=O) groups is 1. The standard InChI is InChI=1S/C16H25NO2/c1-4-6-13(3)10-16(11-17,15(18)19)14-8-5-7-12(2)9-14/h5,7-9,13H,4,6,10-11,17H2,1-3H3,(H,18,19). The molecule has 3 nitrogen and oxygen atoms in total. The highest BCUT2D eigenvalue weighted by atomic mass is 16.4. The number of benzene rings is 1. The maximum Gasteiger partial charge on any atom is 0.315 e. The van der Waals surface area contributed by atoms with E-state index in [1.54, 1.807) is 0 Å². The normalized spacial score (nSPS) is 15.8. The van der Waals surface area contributed by atoms with Crippen molar-refractivity contribution in [1.29, 1.82) is 0 Å². The molecule has 0 aliphatic rings. The molecule has 0 aliphatic carbocycles. The van der Waals surface area contributed by atoms with Gasteiger partial charge in [-0.2, -0.15) is 0 Å². The fraction of sp³-hybridized carbons (Fsp3) is 0.562. The van der Waals surface area contributed by atoms with E-state index in [4.69, 9.17) is 5.73 Å². The maximum absolute atomic E-state index is 11.8. The van der Waals surface area contributed by atoms with E-state index in [9.17, 15) is 9.90 Å². The predicted octanol–water partition coefficient (Wildman–Crippen LogP) is 3.10. The van der Waals surface area contributed by atoms with Gasteiger partial charge >= 0.3 is 5.97 Å². The summed E-state index contributed by atoms with van der Waals surface area (Å²) < 4.78 is 0. The molecule has 0 heterocycles. The fourth-order valence-electron chi connectivity index (χ4n) is 2.75. The lowest BCUT2D eigenvalue weighted by atomic mass is 9.73. The lowest BCUT2D eigenvalue weighted by molar-refractivity contribution is -0.144. The van der Waals surface area contributed by atoms with Gasteiger partial charge in [0.1, 0.15) is 5.41 Å². The lowest BCUT2D eigenvalue weighted by Crippen LogP contribution is -2.44. The van der Waals surface area contributed by atoms with Crippen molar-refractivity contribution in [3.05, 3.63) is 35.4 Å². The largest absolute Gasteiger partial charge is 0.481 e. The van der Waals surface area contributed by atoms with Crippen molar-refractivity contribution in [2.75, 3.05) is 6.54 Å². The third-order valence-electron chi connectivity index (χ3n) is 3.81. The van der Waals surface area contributed by atoms with Gasteiger partial charge in [0.05, 0.1) is 0 Å². The van der Waals surface area contributed by atoms with Crippen LogP contribution in [0.15, 0.2) is 24.3 Å². The number of carboxylic acid groups (broad SMARTS) is 1. The molecule has 0 spiro atoms. The Hall–Kier alpha value is -1.35. The van der Waals surface area contributed by atoms with E-state index in [1.807, 2.05) is 31.2 Å². The monoisotopic (exact) mass is 263 g/mol. The summed E-state index contributed by atoms with van der Waals surface area (Å²) in [6.07, 6.45) is 2.69. The SMILES string of the molecule is CCCC(C)CC(CN)(C(=O)O)c1cccc(C)c1. The Balaban J connectivity index is 3.15. The maximum atomic E-state index is 11.8. The van der Waals surface area contributed by atoms with Crippen molar-refractivity contribution in [1.82, 2.24) is 0 Å². The first-order valence-electron chi connectivity index (χ1n) is 6.97. The lowest BCUT2D eigenvalue weighted by Gasteiger charge is -2.31. The number of aliphatic carboxylic acids is 1. The van der Waals surface area contributed by atoms with E-state index in [0.29, 0.717) is 12.3 Å². The third kappa shape index (κ3) is 3.57. The van der Waals surface area contributed by atoms with Crippen LogP contribution in [0.3, 0.4) is 0 Å². The number of aryl methyl sites for hydroxylation is 1. The molecule has 3 N–H and O–H groups in total. The van der Waals surface area contributed by atoms with Crippen LogP contribution in [-0.4, -0.2) is 17.6 Å². The summed E-state index contributed by atoms with van der Waals surface area (Å²) in [6, 6.07) is 7.71. The van der Waals surface area contributed by atoms with Crippen molar-refractivity contribution in [2.24, 2.45) is 11.7 Å². The molecule has 0 fully saturated rings. The van der Waals surface area contributed by atoms with E-state index in [0.717, 1.165) is 24.0 Å². The van der Waals surface area contributed by atoms with Gasteiger partial charge < -0.3 is 10.8 Å². The molecule has 1 rings (SSSR count). The first-order valence-corrected chi connectivity index (χ1v) is 6.97. The van der Waals surface area contributed by atoms with Crippen LogP contribution in [0, 0.1) is 12.8 Å². The first-order chi connectivity index (χ1) is 8.96. The molecule has 0 saturated carbocycles. The van der Waals surface area contributed by atoms with Gasteiger partial charge in [0.25, 0.3) is 0 Å². The van der Waals surface area contributed by atoms with E-state index >= 15 is 0 Å². The van der Waals surface area contributed by atoms with Crippen molar-refractivity contribution in [3.8, 4) is 0 Å². The second kappa shape index (κ2) is 6.71. The van der Waals surface area contributed by atoms with Crippen LogP contribution in [0.2, 0.25) is 0 Å². The van der Waals surface area contributed by atoms with Crippen LogP contribution >= 0.6 is 0 Å². The zero-order chi connectivity index (χ0) is 14.5. The highest BCUT2D eigenvalue weighted by Gasteiger charge is 2.40. The number of hydrogen-bond acceptors (Lipinski definition) is 2. The molecule has 3 heteroatoms.